The number of hydrogen-bond acceptors (Lipinski definition) is 4. The summed E-state index contributed by atoms with van der Waals surface area (Å²) in [5.74, 6) is -0.0579. The molecule has 0 atom stereocenters. The highest BCUT2D eigenvalue weighted by Crippen LogP contribution is 2.43. The number of pyridine rings is 1. The molecule has 1 aliphatic carbocycles. The predicted octanol–water partition coefficient (Wildman–Crippen LogP) is 2.63. The molecular weight excluding hydrogens is 278 g/mol. The summed E-state index contributed by atoms with van der Waals surface area (Å²) in [7, 11) is 0. The molecule has 5 nitrogen and oxygen atoms in total. The number of carbonyl (C=O) groups is 1. The van der Waals surface area contributed by atoms with Crippen LogP contribution >= 0.6 is 0 Å². The lowest BCUT2D eigenvalue weighted by molar-refractivity contribution is 0.0996. The van der Waals surface area contributed by atoms with Gasteiger partial charge in [-0.05, 0) is 55.5 Å². The van der Waals surface area contributed by atoms with Crippen LogP contribution in [0.5, 0.6) is 5.75 Å². The maximum Gasteiger partial charge on any atom is 0.269 e. The molecule has 5 N–H and O–H groups in total. The molecule has 0 spiro atoms. The van der Waals surface area contributed by atoms with E-state index in [4.69, 9.17) is 11.5 Å². The summed E-state index contributed by atoms with van der Waals surface area (Å²) in [6.07, 6.45) is 2.12. The van der Waals surface area contributed by atoms with Gasteiger partial charge in [-0.1, -0.05) is 6.07 Å². The van der Waals surface area contributed by atoms with E-state index in [9.17, 15) is 9.90 Å². The highest BCUT2D eigenvalue weighted by atomic mass is 16.3. The lowest BCUT2D eigenvalue weighted by Crippen LogP contribution is -2.17. The molecule has 1 amide bonds. The first-order valence-electron chi connectivity index (χ1n) is 7.30. The van der Waals surface area contributed by atoms with Crippen LogP contribution in [0.25, 0.3) is 11.1 Å². The van der Waals surface area contributed by atoms with E-state index in [1.807, 2.05) is 26.0 Å². The van der Waals surface area contributed by atoms with Crippen LogP contribution in [0.15, 0.2) is 18.2 Å². The maximum atomic E-state index is 11.7. The van der Waals surface area contributed by atoms with Crippen molar-refractivity contribution < 1.29 is 9.90 Å². The number of aromatic hydroxyl groups is 1. The quantitative estimate of drug-likeness (QED) is 0.810. The number of carbonyl (C=O) groups excluding carboxylic acids is 1. The normalized spacial score (nSPS) is 14.1. The summed E-state index contributed by atoms with van der Waals surface area (Å²) < 4.78 is 0. The Morgan fingerprint density at radius 1 is 1.32 bits per heavy atom. The first-order valence-corrected chi connectivity index (χ1v) is 7.30. The SMILES string of the molecule is Cc1ccc(O)c(C)c1-c1cc(C2CC2)nc(C(N)=O)c1N. The molecule has 5 heteroatoms. The van der Waals surface area contributed by atoms with Gasteiger partial charge in [0, 0.05) is 17.2 Å². The van der Waals surface area contributed by atoms with Crippen LogP contribution in [0.2, 0.25) is 0 Å². The van der Waals surface area contributed by atoms with E-state index in [1.54, 1.807) is 6.07 Å². The second-order valence-corrected chi connectivity index (χ2v) is 5.90. The third kappa shape index (κ3) is 2.28. The first kappa shape index (κ1) is 14.4. The highest BCUT2D eigenvalue weighted by Gasteiger charge is 2.28. The summed E-state index contributed by atoms with van der Waals surface area (Å²) >= 11 is 0. The summed E-state index contributed by atoms with van der Waals surface area (Å²) in [6, 6.07) is 5.41. The van der Waals surface area contributed by atoms with E-state index in [2.05, 4.69) is 4.98 Å². The molecule has 3 rings (SSSR count). The van der Waals surface area contributed by atoms with Crippen molar-refractivity contribution >= 4 is 11.6 Å². The standard InChI is InChI=1S/C17H19N3O2/c1-8-3-6-13(21)9(2)14(8)11-7-12(10-4-5-10)20-16(15(11)18)17(19)22/h3,6-7,10,21H,4-5,18H2,1-2H3,(H2,19,22). The molecule has 114 valence electrons. The number of anilines is 1. The van der Waals surface area contributed by atoms with Gasteiger partial charge in [0.25, 0.3) is 5.91 Å². The van der Waals surface area contributed by atoms with Crippen LogP contribution in [0.3, 0.4) is 0 Å². The van der Waals surface area contributed by atoms with E-state index in [0.717, 1.165) is 40.8 Å². The van der Waals surface area contributed by atoms with Crippen molar-refractivity contribution in [1.82, 2.24) is 4.98 Å². The van der Waals surface area contributed by atoms with E-state index < -0.39 is 5.91 Å². The Bertz CT molecular complexity index is 780. The fourth-order valence-corrected chi connectivity index (χ4v) is 2.81. The van der Waals surface area contributed by atoms with Crippen LogP contribution in [-0.4, -0.2) is 16.0 Å². The Kier molecular flexibility index (Phi) is 3.28. The maximum absolute atomic E-state index is 11.7. The van der Waals surface area contributed by atoms with Crippen LogP contribution in [0, 0.1) is 13.8 Å². The minimum Gasteiger partial charge on any atom is -0.508 e. The number of phenolic OH excluding ortho intramolecular Hbond substituents is 1. The summed E-state index contributed by atoms with van der Waals surface area (Å²) in [4.78, 5) is 16.0. The number of nitrogens with zero attached hydrogens (tertiary/aromatic N) is 1. The molecular formula is C17H19N3O2. The molecule has 0 radical (unpaired) electrons. The van der Waals surface area contributed by atoms with Gasteiger partial charge in [-0.3, -0.25) is 4.79 Å². The van der Waals surface area contributed by atoms with E-state index in [-0.39, 0.29) is 17.1 Å². The molecule has 1 saturated carbocycles. The average molecular weight is 297 g/mol. The van der Waals surface area contributed by atoms with Crippen LogP contribution in [0.1, 0.15) is 46.1 Å². The van der Waals surface area contributed by atoms with Gasteiger partial charge in [0.15, 0.2) is 5.69 Å². The number of amides is 1. The number of nitrogens with two attached hydrogens (primary N) is 2. The molecule has 1 heterocycles. The number of nitrogen functional groups attached to an aromatic ring is 1. The Morgan fingerprint density at radius 2 is 2.00 bits per heavy atom. The van der Waals surface area contributed by atoms with Gasteiger partial charge in [-0.15, -0.1) is 0 Å². The molecule has 1 fully saturated rings. The van der Waals surface area contributed by atoms with Crippen LogP contribution in [-0.2, 0) is 0 Å². The smallest absolute Gasteiger partial charge is 0.269 e. The molecule has 1 aromatic carbocycles. The van der Waals surface area contributed by atoms with E-state index in [0.29, 0.717) is 5.92 Å². The second kappa shape index (κ2) is 5.02. The number of primary amides is 1. The van der Waals surface area contributed by atoms with Gasteiger partial charge in [0.1, 0.15) is 5.75 Å². The van der Waals surface area contributed by atoms with Crippen molar-refractivity contribution in [2.45, 2.75) is 32.6 Å². The topological polar surface area (TPSA) is 102 Å². The molecule has 1 aliphatic rings. The van der Waals surface area contributed by atoms with Crippen LogP contribution in [0.4, 0.5) is 5.69 Å². The molecule has 0 saturated heterocycles. The number of benzene rings is 1. The summed E-state index contributed by atoms with van der Waals surface area (Å²) in [5, 5.41) is 10.00. The lowest BCUT2D eigenvalue weighted by atomic mass is 9.92. The van der Waals surface area contributed by atoms with Gasteiger partial charge in [-0.25, -0.2) is 4.98 Å². The van der Waals surface area contributed by atoms with Gasteiger partial charge in [0.2, 0.25) is 0 Å². The Labute approximate surface area is 129 Å². The third-order valence-corrected chi connectivity index (χ3v) is 4.22. The van der Waals surface area contributed by atoms with Crippen molar-refractivity contribution in [2.24, 2.45) is 5.73 Å². The van der Waals surface area contributed by atoms with Crippen molar-refractivity contribution in [3.05, 3.63) is 40.7 Å². The third-order valence-electron chi connectivity index (χ3n) is 4.22. The number of hydrogen-bond donors (Lipinski definition) is 3. The molecule has 22 heavy (non-hydrogen) atoms. The van der Waals surface area contributed by atoms with E-state index in [1.165, 1.54) is 0 Å². The zero-order valence-corrected chi connectivity index (χ0v) is 12.7. The summed E-state index contributed by atoms with van der Waals surface area (Å²) in [6.45, 7) is 3.78. The van der Waals surface area contributed by atoms with Gasteiger partial charge < -0.3 is 16.6 Å². The zero-order valence-electron chi connectivity index (χ0n) is 12.7. The monoisotopic (exact) mass is 297 g/mol. The summed E-state index contributed by atoms with van der Waals surface area (Å²) in [5.41, 5.74) is 16.1. The molecule has 0 aliphatic heterocycles. The zero-order chi connectivity index (χ0) is 16.0. The minimum absolute atomic E-state index is 0.113. The van der Waals surface area contributed by atoms with E-state index >= 15 is 0 Å². The Hall–Kier alpha value is -2.56. The van der Waals surface area contributed by atoms with Gasteiger partial charge in [-0.2, -0.15) is 0 Å². The Morgan fingerprint density at radius 3 is 2.59 bits per heavy atom. The molecule has 2 aromatic rings. The van der Waals surface area contributed by atoms with Crippen molar-refractivity contribution in [3.63, 3.8) is 0 Å². The number of rotatable bonds is 3. The van der Waals surface area contributed by atoms with Crippen molar-refractivity contribution in [2.75, 3.05) is 5.73 Å². The van der Waals surface area contributed by atoms with Crippen LogP contribution < -0.4 is 11.5 Å². The average Bonchev–Trinajstić information content (AvgIpc) is 3.29. The van der Waals surface area contributed by atoms with Crippen molar-refractivity contribution in [3.8, 4) is 16.9 Å². The number of aryl methyl sites for hydroxylation is 1. The molecule has 0 unspecified atom stereocenters. The minimum atomic E-state index is -0.628. The number of aromatic nitrogens is 1. The molecule has 1 aromatic heterocycles. The molecule has 0 bridgehead atoms. The first-order chi connectivity index (χ1) is 10.4. The predicted molar refractivity (Wildman–Crippen MR) is 85.7 cm³/mol. The fraction of sp³-hybridized carbons (Fsp3) is 0.294. The van der Waals surface area contributed by atoms with Crippen molar-refractivity contribution in [1.29, 1.82) is 0 Å². The van der Waals surface area contributed by atoms with Gasteiger partial charge in [0.05, 0.1) is 5.69 Å². The second-order valence-electron chi connectivity index (χ2n) is 5.90. The number of phenols is 1. The largest absolute Gasteiger partial charge is 0.508 e. The fourth-order valence-electron chi connectivity index (χ4n) is 2.81. The Balaban J connectivity index is 2.31. The van der Waals surface area contributed by atoms with Gasteiger partial charge >= 0.3 is 0 Å². The highest BCUT2D eigenvalue weighted by molar-refractivity contribution is 6.00. The lowest BCUT2D eigenvalue weighted by Gasteiger charge is -2.16.